The van der Waals surface area contributed by atoms with Crippen LogP contribution in [0.3, 0.4) is 0 Å². The van der Waals surface area contributed by atoms with Crippen LogP contribution in [0.4, 0.5) is 17.1 Å². The summed E-state index contributed by atoms with van der Waals surface area (Å²) in [5, 5.41) is 1.39. The molecule has 0 saturated heterocycles. The molecule has 3 heteroatoms. The van der Waals surface area contributed by atoms with Crippen molar-refractivity contribution in [3.05, 3.63) is 195 Å². The van der Waals surface area contributed by atoms with E-state index in [-0.39, 0.29) is 10.8 Å². The fourth-order valence-electron chi connectivity index (χ4n) is 8.56. The number of rotatable bonds is 7. The summed E-state index contributed by atoms with van der Waals surface area (Å²) in [6.45, 7) is 13.7. The second-order valence-corrected chi connectivity index (χ2v) is 16.3. The smallest absolute Gasteiger partial charge is 0.0467 e. The highest BCUT2D eigenvalue weighted by Crippen LogP contribution is 2.54. The van der Waals surface area contributed by atoms with E-state index in [1.165, 1.54) is 55.6 Å². The molecule has 0 bridgehead atoms. The van der Waals surface area contributed by atoms with Gasteiger partial charge in [0.2, 0.25) is 0 Å². The highest BCUT2D eigenvalue weighted by Gasteiger charge is 2.39. The largest absolute Gasteiger partial charge is 0.310 e. The lowest BCUT2D eigenvalue weighted by atomic mass is 9.72. The van der Waals surface area contributed by atoms with E-state index >= 15 is 0 Å². The summed E-state index contributed by atoms with van der Waals surface area (Å²) in [4.78, 5) is 2.38. The molecule has 0 N–H and O–H groups in total. The first-order valence-electron chi connectivity index (χ1n) is 18.3. The Morgan fingerprint density at radius 3 is 1.53 bits per heavy atom. The monoisotopic (exact) mass is 727 g/mol. The first kappa shape index (κ1) is 35.0. The van der Waals surface area contributed by atoms with Gasteiger partial charge in [0.05, 0.1) is 0 Å². The third-order valence-corrected chi connectivity index (χ3v) is 11.8. The molecule has 0 unspecified atom stereocenters. The molecule has 0 aliphatic heterocycles. The number of hydrogen-bond acceptors (Lipinski definition) is 1. The fourth-order valence-corrected chi connectivity index (χ4v) is 9.29. The predicted molar refractivity (Wildman–Crippen MR) is 228 cm³/mol. The van der Waals surface area contributed by atoms with Crippen molar-refractivity contribution in [2.75, 3.05) is 4.90 Å². The lowest BCUT2D eigenvalue weighted by Gasteiger charge is -2.33. The molecule has 53 heavy (non-hydrogen) atoms. The van der Waals surface area contributed by atoms with Crippen LogP contribution in [-0.4, -0.2) is 0 Å². The fraction of sp³-hybridized carbons (Fsp3) is 0.160. The molecule has 8 rings (SSSR count). The number of hydrogen-bond donors (Lipinski definition) is 0. The number of nitrogens with zero attached hydrogens (tertiary/aromatic N) is 1. The van der Waals surface area contributed by atoms with Crippen LogP contribution >= 0.6 is 23.2 Å². The normalized spacial score (nSPS) is 13.1. The average molecular weight is 729 g/mol. The van der Waals surface area contributed by atoms with Gasteiger partial charge in [-0.15, -0.1) is 0 Å². The van der Waals surface area contributed by atoms with E-state index in [1.807, 2.05) is 6.07 Å². The average Bonchev–Trinajstić information content (AvgIpc) is 3.38. The molecule has 262 valence electrons. The summed E-state index contributed by atoms with van der Waals surface area (Å²) < 4.78 is 0. The van der Waals surface area contributed by atoms with Gasteiger partial charge in [0.1, 0.15) is 0 Å². The standard InChI is InChI=1S/C50H43Cl2N/c1-32-17-22-41(30-44(32)49(3,4)45-31-42-43-28-38(51)29-47(52)48(43)50(5,6)46(42)27-33(45)2)53(39-23-18-36(19-24-39)34-13-9-7-10-14-34)40-25-20-37(21-26-40)35-15-11-8-12-16-35/h7-31H,1-6H3. The molecule has 1 aliphatic carbocycles. The summed E-state index contributed by atoms with van der Waals surface area (Å²) in [6.07, 6.45) is 0. The molecular formula is C50H43Cl2N. The zero-order chi connectivity index (χ0) is 37.1. The highest BCUT2D eigenvalue weighted by atomic mass is 35.5. The summed E-state index contributed by atoms with van der Waals surface area (Å²) >= 11 is 13.5. The van der Waals surface area contributed by atoms with Gasteiger partial charge in [0, 0.05) is 37.9 Å². The quantitative estimate of drug-likeness (QED) is 0.158. The lowest BCUT2D eigenvalue weighted by Crippen LogP contribution is -2.23. The molecule has 7 aromatic rings. The highest BCUT2D eigenvalue weighted by molar-refractivity contribution is 6.36. The first-order valence-corrected chi connectivity index (χ1v) is 19.1. The second kappa shape index (κ2) is 13.4. The second-order valence-electron chi connectivity index (χ2n) is 15.4. The van der Waals surface area contributed by atoms with Gasteiger partial charge in [-0.1, -0.05) is 148 Å². The number of aryl methyl sites for hydroxylation is 2. The van der Waals surface area contributed by atoms with Crippen LogP contribution in [0.25, 0.3) is 33.4 Å². The van der Waals surface area contributed by atoms with E-state index in [0.29, 0.717) is 5.02 Å². The van der Waals surface area contributed by atoms with Gasteiger partial charge in [-0.25, -0.2) is 0 Å². The maximum Gasteiger partial charge on any atom is 0.0467 e. The van der Waals surface area contributed by atoms with E-state index in [4.69, 9.17) is 23.2 Å². The number of fused-ring (bicyclic) bond motifs is 3. The minimum atomic E-state index is -0.311. The van der Waals surface area contributed by atoms with Crippen molar-refractivity contribution in [2.45, 2.75) is 52.4 Å². The molecule has 0 aromatic heterocycles. The molecule has 1 aliphatic rings. The van der Waals surface area contributed by atoms with Gasteiger partial charge in [-0.2, -0.15) is 0 Å². The van der Waals surface area contributed by atoms with Gasteiger partial charge in [0.15, 0.2) is 0 Å². The van der Waals surface area contributed by atoms with E-state index in [2.05, 4.69) is 192 Å². The minimum Gasteiger partial charge on any atom is -0.310 e. The Hall–Kier alpha value is -5.08. The summed E-state index contributed by atoms with van der Waals surface area (Å²) in [6, 6.07) is 54.6. The van der Waals surface area contributed by atoms with Crippen molar-refractivity contribution >= 4 is 40.3 Å². The van der Waals surface area contributed by atoms with Gasteiger partial charge < -0.3 is 4.90 Å². The molecule has 0 atom stereocenters. The van der Waals surface area contributed by atoms with Gasteiger partial charge >= 0.3 is 0 Å². The summed E-state index contributed by atoms with van der Waals surface area (Å²) in [5.41, 5.74) is 17.5. The number of benzene rings is 7. The molecule has 1 nitrogen and oxygen atoms in total. The van der Waals surface area contributed by atoms with Crippen LogP contribution in [-0.2, 0) is 10.8 Å². The Kier molecular flexibility index (Phi) is 8.84. The zero-order valence-corrected chi connectivity index (χ0v) is 32.6. The van der Waals surface area contributed by atoms with Crippen molar-refractivity contribution in [2.24, 2.45) is 0 Å². The van der Waals surface area contributed by atoms with Crippen molar-refractivity contribution in [3.8, 4) is 33.4 Å². The predicted octanol–water partition coefficient (Wildman–Crippen LogP) is 15.0. The van der Waals surface area contributed by atoms with E-state index in [9.17, 15) is 0 Å². The SMILES string of the molecule is Cc1ccc(N(c2ccc(-c3ccccc3)cc2)c2ccc(-c3ccccc3)cc2)cc1C(C)(C)c1cc2c(cc1C)C(C)(C)c1c(Cl)cc(Cl)cc1-2. The Morgan fingerprint density at radius 2 is 0.981 bits per heavy atom. The van der Waals surface area contributed by atoms with Crippen LogP contribution in [0.5, 0.6) is 0 Å². The molecule has 0 saturated carbocycles. The van der Waals surface area contributed by atoms with Crippen molar-refractivity contribution < 1.29 is 0 Å². The van der Waals surface area contributed by atoms with Gasteiger partial charge in [0.25, 0.3) is 0 Å². The third kappa shape index (κ3) is 6.17. The number of halogens is 2. The molecule has 0 spiro atoms. The summed E-state index contributed by atoms with van der Waals surface area (Å²) in [7, 11) is 0. The third-order valence-electron chi connectivity index (χ3n) is 11.3. The molecule has 7 aromatic carbocycles. The Labute approximate surface area is 324 Å². The summed E-state index contributed by atoms with van der Waals surface area (Å²) in [5.74, 6) is 0. The maximum absolute atomic E-state index is 6.87. The van der Waals surface area contributed by atoms with Gasteiger partial charge in [-0.05, 0) is 135 Å². The maximum atomic E-state index is 6.87. The van der Waals surface area contributed by atoms with Crippen LogP contribution in [0.2, 0.25) is 10.0 Å². The Bertz CT molecular complexity index is 2380. The first-order chi connectivity index (χ1) is 25.4. The molecule has 0 fully saturated rings. The van der Waals surface area contributed by atoms with Crippen LogP contribution in [0, 0.1) is 13.8 Å². The molecule has 0 radical (unpaired) electrons. The van der Waals surface area contributed by atoms with Crippen LogP contribution in [0.1, 0.15) is 61.1 Å². The van der Waals surface area contributed by atoms with Gasteiger partial charge in [-0.3, -0.25) is 0 Å². The Morgan fingerprint density at radius 1 is 0.491 bits per heavy atom. The molecular weight excluding hydrogens is 685 g/mol. The number of anilines is 3. The van der Waals surface area contributed by atoms with Crippen molar-refractivity contribution in [3.63, 3.8) is 0 Å². The zero-order valence-electron chi connectivity index (χ0n) is 31.1. The Balaban J connectivity index is 1.25. The van der Waals surface area contributed by atoms with Crippen molar-refractivity contribution in [1.29, 1.82) is 0 Å². The van der Waals surface area contributed by atoms with Crippen molar-refractivity contribution in [1.82, 2.24) is 0 Å². The van der Waals surface area contributed by atoms with Crippen LogP contribution in [0.15, 0.2) is 152 Å². The van der Waals surface area contributed by atoms with E-state index in [0.717, 1.165) is 33.2 Å². The van der Waals surface area contributed by atoms with Crippen LogP contribution < -0.4 is 4.90 Å². The minimum absolute atomic E-state index is 0.220. The lowest BCUT2D eigenvalue weighted by molar-refractivity contribution is 0.627. The van der Waals surface area contributed by atoms with E-state index in [1.54, 1.807) is 0 Å². The topological polar surface area (TPSA) is 3.24 Å². The van der Waals surface area contributed by atoms with E-state index < -0.39 is 0 Å². The molecule has 0 heterocycles. The molecule has 0 amide bonds.